The van der Waals surface area contributed by atoms with Gasteiger partial charge < -0.3 is 5.32 Å². The van der Waals surface area contributed by atoms with Crippen LogP contribution in [0.15, 0.2) is 24.3 Å². The molecule has 1 rings (SSSR count). The van der Waals surface area contributed by atoms with Crippen molar-refractivity contribution in [1.29, 1.82) is 0 Å². The Hall–Kier alpha value is -0.740. The van der Waals surface area contributed by atoms with Gasteiger partial charge in [0.1, 0.15) is 5.82 Å². The van der Waals surface area contributed by atoms with Crippen LogP contribution in [0, 0.1) is 5.82 Å². The van der Waals surface area contributed by atoms with E-state index in [9.17, 15) is 8.60 Å². The van der Waals surface area contributed by atoms with Gasteiger partial charge in [-0.25, -0.2) is 4.39 Å². The van der Waals surface area contributed by atoms with Crippen molar-refractivity contribution in [3.63, 3.8) is 0 Å². The summed E-state index contributed by atoms with van der Waals surface area (Å²) in [6.07, 6.45) is 1.66. The van der Waals surface area contributed by atoms with Crippen LogP contribution in [-0.2, 0) is 17.3 Å². The van der Waals surface area contributed by atoms with Crippen molar-refractivity contribution in [2.75, 3.05) is 18.6 Å². The minimum absolute atomic E-state index is 0.197. The van der Waals surface area contributed by atoms with Crippen LogP contribution in [0.25, 0.3) is 0 Å². The molecule has 1 atom stereocenters. The molecule has 0 radical (unpaired) electrons. The fourth-order valence-electron chi connectivity index (χ4n) is 1.08. The summed E-state index contributed by atoms with van der Waals surface area (Å²) < 4.78 is 23.8. The van der Waals surface area contributed by atoms with Gasteiger partial charge in [-0.05, 0) is 6.07 Å². The molecule has 1 aromatic rings. The summed E-state index contributed by atoms with van der Waals surface area (Å²) in [5.74, 6) is 0.409. The topological polar surface area (TPSA) is 29.1 Å². The zero-order chi connectivity index (χ0) is 10.4. The lowest BCUT2D eigenvalue weighted by Crippen LogP contribution is -2.20. The third kappa shape index (κ3) is 3.98. The summed E-state index contributed by atoms with van der Waals surface area (Å²) in [6.45, 7) is 1.14. The Morgan fingerprint density at radius 1 is 1.43 bits per heavy atom. The zero-order valence-corrected chi connectivity index (χ0v) is 8.94. The quantitative estimate of drug-likeness (QED) is 0.750. The fourth-order valence-corrected chi connectivity index (χ4v) is 1.51. The molecule has 2 nitrogen and oxygen atoms in total. The highest BCUT2D eigenvalue weighted by Crippen LogP contribution is 2.04. The van der Waals surface area contributed by atoms with Gasteiger partial charge in [0.2, 0.25) is 0 Å². The smallest absolute Gasteiger partial charge is 0.127 e. The number of halogens is 1. The first-order valence-corrected chi connectivity index (χ1v) is 6.17. The molecule has 14 heavy (non-hydrogen) atoms. The Kier molecular flexibility index (Phi) is 4.76. The van der Waals surface area contributed by atoms with Crippen LogP contribution in [0.2, 0.25) is 0 Å². The second-order valence-electron chi connectivity index (χ2n) is 3.05. The molecule has 1 unspecified atom stereocenters. The van der Waals surface area contributed by atoms with Gasteiger partial charge in [-0.2, -0.15) is 0 Å². The van der Waals surface area contributed by atoms with Crippen LogP contribution in [-0.4, -0.2) is 22.8 Å². The van der Waals surface area contributed by atoms with Crippen molar-refractivity contribution in [1.82, 2.24) is 5.32 Å². The minimum Gasteiger partial charge on any atom is -0.312 e. The molecule has 0 aromatic heterocycles. The van der Waals surface area contributed by atoms with Gasteiger partial charge in [0.15, 0.2) is 0 Å². The second-order valence-corrected chi connectivity index (χ2v) is 4.60. The molecule has 0 aliphatic carbocycles. The number of rotatable bonds is 5. The SMILES string of the molecule is CS(=O)CCNCc1ccccc1F. The second kappa shape index (κ2) is 5.88. The van der Waals surface area contributed by atoms with Gasteiger partial charge in [-0.1, -0.05) is 18.2 Å². The first-order chi connectivity index (χ1) is 6.70. The first-order valence-electron chi connectivity index (χ1n) is 4.44. The van der Waals surface area contributed by atoms with Crippen LogP contribution in [0.3, 0.4) is 0 Å². The van der Waals surface area contributed by atoms with Crippen LogP contribution in [0.5, 0.6) is 0 Å². The fraction of sp³-hybridized carbons (Fsp3) is 0.400. The molecular formula is C10H14FNOS. The van der Waals surface area contributed by atoms with E-state index in [2.05, 4.69) is 5.32 Å². The average Bonchev–Trinajstić information content (AvgIpc) is 2.15. The molecule has 0 heterocycles. The standard InChI is InChI=1S/C10H14FNOS/c1-14(13)7-6-12-8-9-4-2-3-5-10(9)11/h2-5,12H,6-8H2,1H3. The van der Waals surface area contributed by atoms with E-state index < -0.39 is 10.8 Å². The summed E-state index contributed by atoms with van der Waals surface area (Å²) in [6, 6.07) is 6.65. The van der Waals surface area contributed by atoms with Gasteiger partial charge in [-0.15, -0.1) is 0 Å². The third-order valence-corrected chi connectivity index (χ3v) is 2.62. The van der Waals surface area contributed by atoms with Crippen molar-refractivity contribution in [2.24, 2.45) is 0 Å². The van der Waals surface area contributed by atoms with E-state index in [4.69, 9.17) is 0 Å². The Morgan fingerprint density at radius 2 is 2.14 bits per heavy atom. The van der Waals surface area contributed by atoms with E-state index in [1.807, 2.05) is 0 Å². The van der Waals surface area contributed by atoms with E-state index >= 15 is 0 Å². The van der Waals surface area contributed by atoms with Crippen molar-refractivity contribution in [3.8, 4) is 0 Å². The molecule has 0 amide bonds. The molecule has 0 saturated heterocycles. The van der Waals surface area contributed by atoms with Crippen LogP contribution in [0.4, 0.5) is 4.39 Å². The van der Waals surface area contributed by atoms with E-state index in [0.717, 1.165) is 0 Å². The number of hydrogen-bond acceptors (Lipinski definition) is 2. The molecule has 0 fully saturated rings. The van der Waals surface area contributed by atoms with Crippen LogP contribution < -0.4 is 5.32 Å². The molecule has 0 aliphatic heterocycles. The number of hydrogen-bond donors (Lipinski definition) is 1. The first kappa shape index (κ1) is 11.3. The van der Waals surface area contributed by atoms with E-state index in [1.54, 1.807) is 24.5 Å². The summed E-state index contributed by atoms with van der Waals surface area (Å²) in [7, 11) is -0.785. The maximum absolute atomic E-state index is 13.1. The molecule has 1 N–H and O–H groups in total. The highest BCUT2D eigenvalue weighted by Gasteiger charge is 1.99. The number of benzene rings is 1. The predicted molar refractivity (Wildman–Crippen MR) is 57.0 cm³/mol. The van der Waals surface area contributed by atoms with Crippen molar-refractivity contribution in [2.45, 2.75) is 6.54 Å². The number of nitrogens with one attached hydrogen (secondary N) is 1. The molecule has 1 aromatic carbocycles. The summed E-state index contributed by atoms with van der Waals surface area (Å²) in [5, 5.41) is 3.04. The summed E-state index contributed by atoms with van der Waals surface area (Å²) in [5.41, 5.74) is 0.648. The maximum Gasteiger partial charge on any atom is 0.127 e. The summed E-state index contributed by atoms with van der Waals surface area (Å²) in [4.78, 5) is 0. The zero-order valence-electron chi connectivity index (χ0n) is 8.13. The van der Waals surface area contributed by atoms with E-state index in [1.165, 1.54) is 6.07 Å². The van der Waals surface area contributed by atoms with Gasteiger partial charge in [-0.3, -0.25) is 4.21 Å². The molecule has 0 saturated carbocycles. The van der Waals surface area contributed by atoms with E-state index in [-0.39, 0.29) is 5.82 Å². The van der Waals surface area contributed by atoms with Gasteiger partial charge in [0.05, 0.1) is 0 Å². The minimum atomic E-state index is -0.785. The van der Waals surface area contributed by atoms with Crippen molar-refractivity contribution < 1.29 is 8.60 Å². The molecule has 78 valence electrons. The Labute approximate surface area is 86.0 Å². The van der Waals surface area contributed by atoms with Gasteiger partial charge >= 0.3 is 0 Å². The third-order valence-electron chi connectivity index (χ3n) is 1.84. The molecule has 4 heteroatoms. The van der Waals surface area contributed by atoms with Gasteiger partial charge in [0.25, 0.3) is 0 Å². The highest BCUT2D eigenvalue weighted by atomic mass is 32.2. The van der Waals surface area contributed by atoms with E-state index in [0.29, 0.717) is 24.4 Å². The molecule has 0 aliphatic rings. The monoisotopic (exact) mass is 215 g/mol. The lowest BCUT2D eigenvalue weighted by Gasteiger charge is -2.04. The largest absolute Gasteiger partial charge is 0.312 e. The normalized spacial score (nSPS) is 12.7. The van der Waals surface area contributed by atoms with Gasteiger partial charge in [0, 0.05) is 41.5 Å². The van der Waals surface area contributed by atoms with Crippen LogP contribution in [0.1, 0.15) is 5.56 Å². The predicted octanol–water partition coefficient (Wildman–Crippen LogP) is 1.29. The Morgan fingerprint density at radius 3 is 2.79 bits per heavy atom. The molecule has 0 bridgehead atoms. The lowest BCUT2D eigenvalue weighted by molar-refractivity contribution is 0.593. The Bertz CT molecular complexity index is 317. The maximum atomic E-state index is 13.1. The van der Waals surface area contributed by atoms with Crippen molar-refractivity contribution in [3.05, 3.63) is 35.6 Å². The highest BCUT2D eigenvalue weighted by molar-refractivity contribution is 7.84. The summed E-state index contributed by atoms with van der Waals surface area (Å²) >= 11 is 0. The van der Waals surface area contributed by atoms with Crippen LogP contribution >= 0.6 is 0 Å². The molecular weight excluding hydrogens is 201 g/mol. The molecule has 0 spiro atoms. The average molecular weight is 215 g/mol. The van der Waals surface area contributed by atoms with Crippen molar-refractivity contribution >= 4 is 10.8 Å². The lowest BCUT2D eigenvalue weighted by atomic mass is 10.2. The Balaban J connectivity index is 2.31.